The van der Waals surface area contributed by atoms with Gasteiger partial charge in [0, 0.05) is 38.2 Å². The third-order valence-electron chi connectivity index (χ3n) is 12.4. The average molecular weight is 763 g/mol. The van der Waals surface area contributed by atoms with Crippen molar-refractivity contribution in [1.82, 2.24) is 19.1 Å². The van der Waals surface area contributed by atoms with E-state index in [9.17, 15) is 0 Å². The summed E-state index contributed by atoms with van der Waals surface area (Å²) in [6.07, 6.45) is 0. The van der Waals surface area contributed by atoms with Crippen molar-refractivity contribution in [3.63, 3.8) is 0 Å². The lowest BCUT2D eigenvalue weighted by atomic mass is 9.96. The summed E-state index contributed by atoms with van der Waals surface area (Å²) < 4.78 is 4.68. The second kappa shape index (κ2) is 12.7. The van der Waals surface area contributed by atoms with E-state index in [2.05, 4.69) is 215 Å². The smallest absolute Gasteiger partial charge is 0.235 e. The van der Waals surface area contributed by atoms with Gasteiger partial charge in [0.05, 0.1) is 33.3 Å². The fraction of sp³-hybridized carbons (Fsp3) is 0. The molecule has 0 radical (unpaired) electrons. The maximum Gasteiger partial charge on any atom is 0.235 e. The van der Waals surface area contributed by atoms with E-state index in [0.717, 1.165) is 44.4 Å². The van der Waals surface area contributed by atoms with Gasteiger partial charge in [-0.25, -0.2) is 9.97 Å². The van der Waals surface area contributed by atoms with Crippen LogP contribution in [0.25, 0.3) is 121 Å². The first-order valence-electron chi connectivity index (χ1n) is 20.5. The number of hydrogen-bond acceptors (Lipinski definition) is 2. The first kappa shape index (κ1) is 32.9. The van der Waals surface area contributed by atoms with Crippen molar-refractivity contribution < 1.29 is 0 Å². The Morgan fingerprint density at radius 1 is 0.317 bits per heavy atom. The van der Waals surface area contributed by atoms with E-state index >= 15 is 0 Å². The first-order valence-corrected chi connectivity index (χ1v) is 20.5. The van der Waals surface area contributed by atoms with Crippen LogP contribution in [0.5, 0.6) is 0 Å². The summed E-state index contributed by atoms with van der Waals surface area (Å²) in [6, 6.07) is 74.5. The molecule has 0 N–H and O–H groups in total. The number of nitrogens with zero attached hydrogens (tertiary/aromatic N) is 4. The minimum atomic E-state index is 0.643. The second-order valence-electron chi connectivity index (χ2n) is 15.8. The van der Waals surface area contributed by atoms with Crippen LogP contribution in [0.2, 0.25) is 0 Å². The molecule has 0 amide bonds. The molecule has 4 nitrogen and oxygen atoms in total. The standard InChI is InChI=1S/C56H34N4/c1-3-14-37-30-41(25-24-35(37)12-1)44-20-11-23-51-54(44)48-32-39-16-5-6-17-40(39)33-53(48)60(51)56-57-49-21-9-7-19-47(49)55(58-56)42-27-29-46-45-18-8-10-22-50(45)59(52(46)34-42)43-28-26-36-13-2-4-15-38(36)31-43/h1-34H. The van der Waals surface area contributed by atoms with Crippen LogP contribution in [0.3, 0.4) is 0 Å². The van der Waals surface area contributed by atoms with Crippen molar-refractivity contribution in [3.05, 3.63) is 206 Å². The Morgan fingerprint density at radius 2 is 0.917 bits per heavy atom. The zero-order chi connectivity index (χ0) is 39.3. The highest BCUT2D eigenvalue weighted by molar-refractivity contribution is 6.19. The molecule has 0 saturated carbocycles. The van der Waals surface area contributed by atoms with Crippen LogP contribution < -0.4 is 0 Å². The zero-order valence-corrected chi connectivity index (χ0v) is 32.4. The predicted molar refractivity (Wildman–Crippen MR) is 252 cm³/mol. The maximum atomic E-state index is 5.58. The third kappa shape index (κ3) is 4.91. The molecule has 13 aromatic rings. The summed E-state index contributed by atoms with van der Waals surface area (Å²) >= 11 is 0. The summed E-state index contributed by atoms with van der Waals surface area (Å²) in [4.78, 5) is 10.9. The molecule has 60 heavy (non-hydrogen) atoms. The number of benzene rings is 10. The molecule has 278 valence electrons. The highest BCUT2D eigenvalue weighted by atomic mass is 15.2. The Hall–Kier alpha value is -8.08. The SMILES string of the molecule is c1ccc2cc(-c3cccc4c3c3cc5ccccc5cc3n4-c3nc(-c4ccc5c6ccccc6n(-c6ccc7ccccc7c6)c5c4)c4ccccc4n3)ccc2c1. The molecule has 0 aliphatic heterocycles. The lowest BCUT2D eigenvalue weighted by Crippen LogP contribution is -2.03. The van der Waals surface area contributed by atoms with Crippen LogP contribution >= 0.6 is 0 Å². The fourth-order valence-electron chi connectivity index (χ4n) is 9.66. The summed E-state index contributed by atoms with van der Waals surface area (Å²) in [6.45, 7) is 0. The lowest BCUT2D eigenvalue weighted by molar-refractivity contribution is 1.01. The highest BCUT2D eigenvalue weighted by Gasteiger charge is 2.21. The van der Waals surface area contributed by atoms with Crippen LogP contribution in [0.4, 0.5) is 0 Å². The molecule has 0 spiro atoms. The molecule has 13 rings (SSSR count). The van der Waals surface area contributed by atoms with Gasteiger partial charge in [-0.05, 0) is 98.0 Å². The number of para-hydroxylation sites is 2. The molecule has 0 saturated heterocycles. The molecule has 0 atom stereocenters. The van der Waals surface area contributed by atoms with Gasteiger partial charge in [-0.15, -0.1) is 0 Å². The van der Waals surface area contributed by atoms with Crippen LogP contribution in [0.1, 0.15) is 0 Å². The van der Waals surface area contributed by atoms with Gasteiger partial charge in [0.25, 0.3) is 0 Å². The Balaban J connectivity index is 1.09. The first-order chi connectivity index (χ1) is 29.7. The molecule has 3 aromatic heterocycles. The summed E-state index contributed by atoms with van der Waals surface area (Å²) in [5.74, 6) is 0.643. The molecule has 0 aliphatic rings. The van der Waals surface area contributed by atoms with Gasteiger partial charge in [0.1, 0.15) is 0 Å². The largest absolute Gasteiger partial charge is 0.309 e. The molecule has 0 aliphatic carbocycles. The van der Waals surface area contributed by atoms with E-state index in [-0.39, 0.29) is 0 Å². The van der Waals surface area contributed by atoms with Crippen molar-refractivity contribution in [3.8, 4) is 34.0 Å². The molecule has 4 heteroatoms. The maximum absolute atomic E-state index is 5.58. The molecular weight excluding hydrogens is 729 g/mol. The van der Waals surface area contributed by atoms with E-state index in [4.69, 9.17) is 9.97 Å². The minimum absolute atomic E-state index is 0.643. The van der Waals surface area contributed by atoms with Crippen molar-refractivity contribution in [2.45, 2.75) is 0 Å². The Bertz CT molecular complexity index is 3910. The summed E-state index contributed by atoms with van der Waals surface area (Å²) in [5.41, 5.74) is 10.8. The van der Waals surface area contributed by atoms with E-state index in [0.29, 0.717) is 5.95 Å². The van der Waals surface area contributed by atoms with Crippen molar-refractivity contribution in [1.29, 1.82) is 0 Å². The van der Waals surface area contributed by atoms with Gasteiger partial charge in [0.2, 0.25) is 5.95 Å². The van der Waals surface area contributed by atoms with Crippen LogP contribution in [0.15, 0.2) is 206 Å². The van der Waals surface area contributed by atoms with Crippen LogP contribution in [-0.4, -0.2) is 19.1 Å². The van der Waals surface area contributed by atoms with Crippen molar-refractivity contribution >= 4 is 86.8 Å². The van der Waals surface area contributed by atoms with Crippen LogP contribution in [0, 0.1) is 0 Å². The van der Waals surface area contributed by atoms with E-state index in [1.54, 1.807) is 0 Å². The van der Waals surface area contributed by atoms with Gasteiger partial charge >= 0.3 is 0 Å². The monoisotopic (exact) mass is 762 g/mol. The minimum Gasteiger partial charge on any atom is -0.309 e. The lowest BCUT2D eigenvalue weighted by Gasteiger charge is -2.13. The Morgan fingerprint density at radius 3 is 1.73 bits per heavy atom. The number of rotatable bonds is 4. The van der Waals surface area contributed by atoms with Gasteiger partial charge < -0.3 is 4.57 Å². The van der Waals surface area contributed by atoms with Gasteiger partial charge in [-0.3, -0.25) is 4.57 Å². The van der Waals surface area contributed by atoms with Crippen molar-refractivity contribution in [2.24, 2.45) is 0 Å². The Kier molecular flexibility index (Phi) is 6.98. The quantitative estimate of drug-likeness (QED) is 0.179. The number of aromatic nitrogens is 4. The molecular formula is C56H34N4. The van der Waals surface area contributed by atoms with Gasteiger partial charge in [0.15, 0.2) is 0 Å². The molecule has 0 fully saturated rings. The van der Waals surface area contributed by atoms with E-state index < -0.39 is 0 Å². The summed E-state index contributed by atoms with van der Waals surface area (Å²) in [7, 11) is 0. The van der Waals surface area contributed by atoms with Crippen LogP contribution in [-0.2, 0) is 0 Å². The summed E-state index contributed by atoms with van der Waals surface area (Å²) in [5, 5.41) is 13.1. The van der Waals surface area contributed by atoms with Gasteiger partial charge in [-0.2, -0.15) is 0 Å². The highest BCUT2D eigenvalue weighted by Crippen LogP contribution is 2.42. The average Bonchev–Trinajstić information content (AvgIpc) is 3.82. The van der Waals surface area contributed by atoms with Gasteiger partial charge in [-0.1, -0.05) is 152 Å². The molecule has 10 aromatic carbocycles. The molecule has 3 heterocycles. The fourth-order valence-corrected chi connectivity index (χ4v) is 9.66. The molecule has 0 bridgehead atoms. The normalized spacial score (nSPS) is 12.0. The number of hydrogen-bond donors (Lipinski definition) is 0. The predicted octanol–water partition coefficient (Wildman–Crippen LogP) is 14.6. The third-order valence-corrected chi connectivity index (χ3v) is 12.4. The van der Waals surface area contributed by atoms with E-state index in [1.807, 2.05) is 0 Å². The number of fused-ring (bicyclic) bond motifs is 10. The topological polar surface area (TPSA) is 35.6 Å². The molecule has 0 unspecified atom stereocenters. The zero-order valence-electron chi connectivity index (χ0n) is 32.4. The Labute approximate surface area is 344 Å². The van der Waals surface area contributed by atoms with Crippen molar-refractivity contribution in [2.75, 3.05) is 0 Å². The second-order valence-corrected chi connectivity index (χ2v) is 15.8. The van der Waals surface area contributed by atoms with E-state index in [1.165, 1.54) is 70.5 Å².